The van der Waals surface area contributed by atoms with Gasteiger partial charge in [0, 0.05) is 10.9 Å². The van der Waals surface area contributed by atoms with Crippen LogP contribution in [0.4, 0.5) is 0 Å². The number of nitrogens with two attached hydrogens (primary N) is 1. The molecule has 0 aliphatic heterocycles. The van der Waals surface area contributed by atoms with Gasteiger partial charge in [0.1, 0.15) is 0 Å². The molecule has 1 aromatic heterocycles. The normalized spacial score (nSPS) is 11.8. The predicted octanol–water partition coefficient (Wildman–Crippen LogP) is 2.23. The Hall–Kier alpha value is -0.780. The SMILES string of the molecule is CCCC(N)C#Cc1ccsc1. The summed E-state index contributed by atoms with van der Waals surface area (Å²) in [5, 5.41) is 4.06. The zero-order chi connectivity index (χ0) is 8.81. The Bertz CT molecular complexity index is 266. The lowest BCUT2D eigenvalue weighted by atomic mass is 10.2. The van der Waals surface area contributed by atoms with Crippen LogP contribution in [0.15, 0.2) is 16.8 Å². The summed E-state index contributed by atoms with van der Waals surface area (Å²) in [6.45, 7) is 2.12. The van der Waals surface area contributed by atoms with Crippen molar-refractivity contribution in [3.05, 3.63) is 22.4 Å². The van der Waals surface area contributed by atoms with Crippen LogP contribution in [-0.2, 0) is 0 Å². The highest BCUT2D eigenvalue weighted by molar-refractivity contribution is 7.08. The molecule has 0 aromatic carbocycles. The Morgan fingerprint density at radius 1 is 1.67 bits per heavy atom. The second-order valence-electron chi connectivity index (χ2n) is 2.68. The van der Waals surface area contributed by atoms with Gasteiger partial charge in [-0.1, -0.05) is 25.2 Å². The molecule has 1 nitrogen and oxygen atoms in total. The molecule has 0 saturated carbocycles. The highest BCUT2D eigenvalue weighted by atomic mass is 32.1. The van der Waals surface area contributed by atoms with Gasteiger partial charge in [0.25, 0.3) is 0 Å². The van der Waals surface area contributed by atoms with Crippen molar-refractivity contribution in [3.8, 4) is 11.8 Å². The van der Waals surface area contributed by atoms with Gasteiger partial charge in [-0.2, -0.15) is 11.3 Å². The molecule has 0 aliphatic carbocycles. The van der Waals surface area contributed by atoms with Gasteiger partial charge in [0.05, 0.1) is 6.04 Å². The molecule has 0 aliphatic rings. The lowest BCUT2D eigenvalue weighted by Crippen LogP contribution is -2.16. The molecule has 0 radical (unpaired) electrons. The Labute approximate surface area is 77.6 Å². The van der Waals surface area contributed by atoms with Crippen LogP contribution in [0.2, 0.25) is 0 Å². The van der Waals surface area contributed by atoms with Crippen LogP contribution < -0.4 is 5.73 Å². The van der Waals surface area contributed by atoms with Crippen LogP contribution in [0.25, 0.3) is 0 Å². The summed E-state index contributed by atoms with van der Waals surface area (Å²) < 4.78 is 0. The molecule has 0 spiro atoms. The molecule has 1 unspecified atom stereocenters. The standard InChI is InChI=1S/C10H13NS/c1-2-3-10(11)5-4-9-6-7-12-8-9/h6-8,10H,2-3,11H2,1H3. The first-order chi connectivity index (χ1) is 5.83. The van der Waals surface area contributed by atoms with Gasteiger partial charge in [-0.15, -0.1) is 0 Å². The molecule has 0 saturated heterocycles. The summed E-state index contributed by atoms with van der Waals surface area (Å²) >= 11 is 1.66. The number of thiophene rings is 1. The molecule has 0 fully saturated rings. The van der Waals surface area contributed by atoms with Crippen LogP contribution in [0, 0.1) is 11.8 Å². The summed E-state index contributed by atoms with van der Waals surface area (Å²) in [5.41, 5.74) is 6.81. The van der Waals surface area contributed by atoms with E-state index in [1.807, 2.05) is 16.8 Å². The summed E-state index contributed by atoms with van der Waals surface area (Å²) in [5.74, 6) is 6.06. The fraction of sp³-hybridized carbons (Fsp3) is 0.400. The monoisotopic (exact) mass is 179 g/mol. The lowest BCUT2D eigenvalue weighted by molar-refractivity contribution is 0.720. The van der Waals surface area contributed by atoms with Crippen molar-refractivity contribution in [1.29, 1.82) is 0 Å². The molecule has 2 N–H and O–H groups in total. The van der Waals surface area contributed by atoms with Crippen LogP contribution in [0.3, 0.4) is 0 Å². The molecule has 1 aromatic rings. The van der Waals surface area contributed by atoms with E-state index in [1.165, 1.54) is 0 Å². The van der Waals surface area contributed by atoms with Gasteiger partial charge in [0.2, 0.25) is 0 Å². The van der Waals surface area contributed by atoms with Gasteiger partial charge in [0.15, 0.2) is 0 Å². The predicted molar refractivity (Wildman–Crippen MR) is 54.1 cm³/mol. The van der Waals surface area contributed by atoms with Crippen LogP contribution >= 0.6 is 11.3 Å². The minimum absolute atomic E-state index is 0.0369. The minimum atomic E-state index is 0.0369. The fourth-order valence-corrected chi connectivity index (χ4v) is 1.48. The van der Waals surface area contributed by atoms with Gasteiger partial charge in [-0.05, 0) is 17.9 Å². The summed E-state index contributed by atoms with van der Waals surface area (Å²) in [6.07, 6.45) is 2.08. The molecule has 1 atom stereocenters. The first-order valence-corrected chi connectivity index (χ1v) is 5.06. The average Bonchev–Trinajstić information content (AvgIpc) is 2.53. The number of hydrogen-bond acceptors (Lipinski definition) is 2. The van der Waals surface area contributed by atoms with E-state index in [0.29, 0.717) is 0 Å². The summed E-state index contributed by atoms with van der Waals surface area (Å²) in [4.78, 5) is 0. The Morgan fingerprint density at radius 2 is 2.50 bits per heavy atom. The maximum Gasteiger partial charge on any atom is 0.0668 e. The first-order valence-electron chi connectivity index (χ1n) is 4.12. The van der Waals surface area contributed by atoms with Gasteiger partial charge in [-0.25, -0.2) is 0 Å². The number of rotatable bonds is 2. The van der Waals surface area contributed by atoms with E-state index in [0.717, 1.165) is 18.4 Å². The Kier molecular flexibility index (Phi) is 3.86. The van der Waals surface area contributed by atoms with E-state index in [9.17, 15) is 0 Å². The summed E-state index contributed by atoms with van der Waals surface area (Å²) in [7, 11) is 0. The Morgan fingerprint density at radius 3 is 3.08 bits per heavy atom. The van der Waals surface area contributed by atoms with Crippen LogP contribution in [0.1, 0.15) is 25.3 Å². The largest absolute Gasteiger partial charge is 0.318 e. The van der Waals surface area contributed by atoms with E-state index in [-0.39, 0.29) is 6.04 Å². The molecule has 0 bridgehead atoms. The smallest absolute Gasteiger partial charge is 0.0668 e. The molecule has 1 rings (SSSR count). The highest BCUT2D eigenvalue weighted by Crippen LogP contribution is 2.03. The zero-order valence-electron chi connectivity index (χ0n) is 7.21. The second-order valence-corrected chi connectivity index (χ2v) is 3.46. The quantitative estimate of drug-likeness (QED) is 0.692. The van der Waals surface area contributed by atoms with Gasteiger partial charge in [-0.3, -0.25) is 0 Å². The van der Waals surface area contributed by atoms with E-state index in [2.05, 4.69) is 18.8 Å². The third-order valence-electron chi connectivity index (χ3n) is 1.52. The third-order valence-corrected chi connectivity index (χ3v) is 2.21. The van der Waals surface area contributed by atoms with Crippen molar-refractivity contribution < 1.29 is 0 Å². The highest BCUT2D eigenvalue weighted by Gasteiger charge is 1.93. The topological polar surface area (TPSA) is 26.0 Å². The molecule has 0 amide bonds. The van der Waals surface area contributed by atoms with Crippen molar-refractivity contribution >= 4 is 11.3 Å². The molecule has 2 heteroatoms. The lowest BCUT2D eigenvalue weighted by Gasteiger charge is -1.97. The summed E-state index contributed by atoms with van der Waals surface area (Å²) in [6, 6.07) is 2.05. The van der Waals surface area contributed by atoms with E-state index in [4.69, 9.17) is 5.73 Å². The molecular weight excluding hydrogens is 166 g/mol. The van der Waals surface area contributed by atoms with E-state index < -0.39 is 0 Å². The zero-order valence-corrected chi connectivity index (χ0v) is 8.03. The van der Waals surface area contributed by atoms with Crippen LogP contribution in [0.5, 0.6) is 0 Å². The molecule has 64 valence electrons. The second kappa shape index (κ2) is 4.97. The van der Waals surface area contributed by atoms with Crippen molar-refractivity contribution in [1.82, 2.24) is 0 Å². The van der Waals surface area contributed by atoms with Crippen molar-refractivity contribution in [2.75, 3.05) is 0 Å². The number of hydrogen-bond donors (Lipinski definition) is 1. The maximum absolute atomic E-state index is 5.73. The first kappa shape index (κ1) is 9.31. The van der Waals surface area contributed by atoms with E-state index in [1.54, 1.807) is 11.3 Å². The molecule has 12 heavy (non-hydrogen) atoms. The molecule has 1 heterocycles. The fourth-order valence-electron chi connectivity index (χ4n) is 0.895. The maximum atomic E-state index is 5.73. The van der Waals surface area contributed by atoms with E-state index >= 15 is 0 Å². The minimum Gasteiger partial charge on any atom is -0.318 e. The van der Waals surface area contributed by atoms with Gasteiger partial charge >= 0.3 is 0 Å². The van der Waals surface area contributed by atoms with Crippen molar-refractivity contribution in [2.45, 2.75) is 25.8 Å². The third kappa shape index (κ3) is 3.08. The Balaban J connectivity index is 2.48. The van der Waals surface area contributed by atoms with Crippen LogP contribution in [-0.4, -0.2) is 6.04 Å². The molecular formula is C10H13NS. The van der Waals surface area contributed by atoms with Gasteiger partial charge < -0.3 is 5.73 Å². The average molecular weight is 179 g/mol. The van der Waals surface area contributed by atoms with Crippen molar-refractivity contribution in [3.63, 3.8) is 0 Å². The van der Waals surface area contributed by atoms with Crippen molar-refractivity contribution in [2.24, 2.45) is 5.73 Å².